The molecule has 0 bridgehead atoms. The van der Waals surface area contributed by atoms with Gasteiger partial charge in [-0.15, -0.1) is 0 Å². The zero-order chi connectivity index (χ0) is 37.1. The third-order valence-corrected chi connectivity index (χ3v) is 12.6. The van der Waals surface area contributed by atoms with Crippen molar-refractivity contribution in [2.24, 2.45) is 0 Å². The summed E-state index contributed by atoms with van der Waals surface area (Å²) in [6.07, 6.45) is 4.35. The molecule has 0 atom stereocenters. The van der Waals surface area contributed by atoms with Crippen molar-refractivity contribution in [3.8, 4) is 33.9 Å². The van der Waals surface area contributed by atoms with Crippen LogP contribution < -0.4 is 0 Å². The Morgan fingerprint density at radius 3 is 1.77 bits per heavy atom. The van der Waals surface area contributed by atoms with Crippen LogP contribution in [0.3, 0.4) is 0 Å². The first-order valence-corrected chi connectivity index (χ1v) is 19.7. The molecule has 12 rings (SSSR count). The van der Waals surface area contributed by atoms with E-state index in [4.69, 9.17) is 9.97 Å². The number of allylic oxidation sites excluding steroid dienone is 1. The van der Waals surface area contributed by atoms with Crippen molar-refractivity contribution >= 4 is 65.9 Å². The lowest BCUT2D eigenvalue weighted by Gasteiger charge is -2.24. The molecule has 0 amide bonds. The van der Waals surface area contributed by atoms with Crippen molar-refractivity contribution in [2.75, 3.05) is 0 Å². The van der Waals surface area contributed by atoms with E-state index in [2.05, 4.69) is 182 Å². The van der Waals surface area contributed by atoms with E-state index in [1.807, 2.05) is 0 Å². The molecular formula is C53H37N3. The van der Waals surface area contributed by atoms with Crippen molar-refractivity contribution in [1.29, 1.82) is 0 Å². The summed E-state index contributed by atoms with van der Waals surface area (Å²) in [4.78, 5) is 10.9. The number of aromatic nitrogens is 3. The Labute approximate surface area is 325 Å². The molecule has 0 unspecified atom stereocenters. The van der Waals surface area contributed by atoms with Crippen LogP contribution in [0.1, 0.15) is 42.5 Å². The molecular weight excluding hydrogens is 679 g/mol. The summed E-state index contributed by atoms with van der Waals surface area (Å²) in [5, 5.41) is 10.1. The van der Waals surface area contributed by atoms with Crippen LogP contribution in [0.25, 0.3) is 99.8 Å². The number of nitrogens with zero attached hydrogens (tertiary/aromatic N) is 3. The second kappa shape index (κ2) is 11.6. The topological polar surface area (TPSA) is 30.7 Å². The minimum absolute atomic E-state index is 0.238. The zero-order valence-corrected chi connectivity index (χ0v) is 31.3. The molecule has 10 aromatic rings. The van der Waals surface area contributed by atoms with Crippen LogP contribution in [0.15, 0.2) is 158 Å². The van der Waals surface area contributed by atoms with E-state index < -0.39 is 0 Å². The molecule has 56 heavy (non-hydrogen) atoms. The SMILES string of the molecule is CC1(C)c2ccccc2-c2nc(-c3ccc4c(c3)C=C(n3c5cc6ccccc6cc5c5cc6ccccc6cc53)CC4)nc(-c3ccc4ccccc4c3)c21. The lowest BCUT2D eigenvalue weighted by molar-refractivity contribution is 0.658. The second-order valence-electron chi connectivity index (χ2n) is 16.2. The minimum Gasteiger partial charge on any atom is -0.313 e. The number of aryl methyl sites for hydroxylation is 1. The lowest BCUT2D eigenvalue weighted by Crippen LogP contribution is -2.17. The number of hydrogen-bond acceptors (Lipinski definition) is 2. The maximum atomic E-state index is 5.49. The Bertz CT molecular complexity index is 3250. The highest BCUT2D eigenvalue weighted by Gasteiger charge is 2.40. The highest BCUT2D eigenvalue weighted by molar-refractivity contribution is 6.17. The molecule has 0 fully saturated rings. The third kappa shape index (κ3) is 4.58. The first kappa shape index (κ1) is 31.5. The van der Waals surface area contributed by atoms with Gasteiger partial charge in [0.2, 0.25) is 0 Å². The fourth-order valence-electron chi connectivity index (χ4n) is 9.78. The summed E-state index contributed by atoms with van der Waals surface area (Å²) >= 11 is 0. The third-order valence-electron chi connectivity index (χ3n) is 12.6. The van der Waals surface area contributed by atoms with Gasteiger partial charge in [0.05, 0.1) is 22.4 Å². The van der Waals surface area contributed by atoms with Gasteiger partial charge in [0.1, 0.15) is 0 Å². The van der Waals surface area contributed by atoms with E-state index in [0.717, 1.165) is 41.2 Å². The average Bonchev–Trinajstić information content (AvgIpc) is 3.67. The summed E-state index contributed by atoms with van der Waals surface area (Å²) in [7, 11) is 0. The molecule has 8 aromatic carbocycles. The maximum Gasteiger partial charge on any atom is 0.160 e. The average molecular weight is 716 g/mol. The van der Waals surface area contributed by atoms with Crippen LogP contribution in [-0.2, 0) is 11.8 Å². The summed E-state index contributed by atoms with van der Waals surface area (Å²) in [6, 6.07) is 57.9. The van der Waals surface area contributed by atoms with Crippen LogP contribution in [0, 0.1) is 0 Å². The summed E-state index contributed by atoms with van der Waals surface area (Å²) in [6.45, 7) is 4.63. The van der Waals surface area contributed by atoms with Gasteiger partial charge < -0.3 is 4.57 Å². The summed E-state index contributed by atoms with van der Waals surface area (Å²) in [5.41, 5.74) is 14.1. The standard InChI is InChI=1S/C53H37N3/c1-53(2)46-18-10-9-17-43(46)51-49(53)50(39-21-19-32-11-3-4-12-34(32)25-39)54-52(55-51)40-22-20-33-23-24-42(27-41(33)26-40)56-47-30-37-15-7-5-13-35(37)28-44(47)45-29-36-14-6-8-16-38(36)31-48(45)56/h3-22,25-31H,23-24H2,1-2H3. The van der Waals surface area contributed by atoms with Gasteiger partial charge in [0.15, 0.2) is 5.82 Å². The van der Waals surface area contributed by atoms with E-state index in [1.54, 1.807) is 0 Å². The lowest BCUT2D eigenvalue weighted by atomic mass is 9.80. The van der Waals surface area contributed by atoms with Crippen LogP contribution in [0.2, 0.25) is 0 Å². The first-order chi connectivity index (χ1) is 27.5. The van der Waals surface area contributed by atoms with E-state index in [-0.39, 0.29) is 5.41 Å². The molecule has 264 valence electrons. The molecule has 0 saturated carbocycles. The number of fused-ring (bicyclic) bond motifs is 10. The van der Waals surface area contributed by atoms with E-state index in [0.29, 0.717) is 0 Å². The summed E-state index contributed by atoms with van der Waals surface area (Å²) in [5.74, 6) is 0.762. The van der Waals surface area contributed by atoms with E-state index in [9.17, 15) is 0 Å². The van der Waals surface area contributed by atoms with Crippen molar-refractivity contribution < 1.29 is 0 Å². The maximum absolute atomic E-state index is 5.49. The number of benzene rings is 8. The Kier molecular flexibility index (Phi) is 6.52. The largest absolute Gasteiger partial charge is 0.313 e. The predicted molar refractivity (Wildman–Crippen MR) is 235 cm³/mol. The molecule has 2 heterocycles. The van der Waals surface area contributed by atoms with E-state index >= 15 is 0 Å². The zero-order valence-electron chi connectivity index (χ0n) is 31.3. The van der Waals surface area contributed by atoms with Gasteiger partial charge in [-0.2, -0.15) is 0 Å². The van der Waals surface area contributed by atoms with Gasteiger partial charge in [-0.3, -0.25) is 0 Å². The predicted octanol–water partition coefficient (Wildman–Crippen LogP) is 13.6. The fourth-order valence-corrected chi connectivity index (χ4v) is 9.78. The smallest absolute Gasteiger partial charge is 0.160 e. The van der Waals surface area contributed by atoms with Gasteiger partial charge in [0, 0.05) is 44.1 Å². The molecule has 0 radical (unpaired) electrons. The molecule has 3 nitrogen and oxygen atoms in total. The van der Waals surface area contributed by atoms with Gasteiger partial charge in [0.25, 0.3) is 0 Å². The van der Waals surface area contributed by atoms with Crippen molar-refractivity contribution in [3.63, 3.8) is 0 Å². The Hall–Kier alpha value is -6.84. The van der Waals surface area contributed by atoms with Crippen LogP contribution in [-0.4, -0.2) is 14.5 Å². The first-order valence-electron chi connectivity index (χ1n) is 19.7. The molecule has 0 aliphatic heterocycles. The fraction of sp³-hybridized carbons (Fsp3) is 0.0943. The summed E-state index contributed by atoms with van der Waals surface area (Å²) < 4.78 is 2.53. The molecule has 3 heteroatoms. The van der Waals surface area contributed by atoms with E-state index in [1.165, 1.54) is 87.6 Å². The van der Waals surface area contributed by atoms with Crippen molar-refractivity contribution in [3.05, 3.63) is 180 Å². The quantitative estimate of drug-likeness (QED) is 0.182. The number of rotatable bonds is 3. The highest BCUT2D eigenvalue weighted by atomic mass is 15.0. The molecule has 0 N–H and O–H groups in total. The van der Waals surface area contributed by atoms with Crippen LogP contribution in [0.5, 0.6) is 0 Å². The normalized spacial score (nSPS) is 14.4. The molecule has 2 aliphatic rings. The molecule has 0 saturated heterocycles. The monoisotopic (exact) mass is 715 g/mol. The highest BCUT2D eigenvalue weighted by Crippen LogP contribution is 2.51. The Balaban J connectivity index is 1.06. The van der Waals surface area contributed by atoms with Gasteiger partial charge in [-0.25, -0.2) is 9.97 Å². The second-order valence-corrected chi connectivity index (χ2v) is 16.2. The van der Waals surface area contributed by atoms with Crippen molar-refractivity contribution in [2.45, 2.75) is 32.1 Å². The van der Waals surface area contributed by atoms with Crippen LogP contribution >= 0.6 is 0 Å². The minimum atomic E-state index is -0.238. The Morgan fingerprint density at radius 2 is 1.07 bits per heavy atom. The van der Waals surface area contributed by atoms with Gasteiger partial charge >= 0.3 is 0 Å². The van der Waals surface area contributed by atoms with Crippen molar-refractivity contribution in [1.82, 2.24) is 14.5 Å². The van der Waals surface area contributed by atoms with Gasteiger partial charge in [-0.05, 0) is 104 Å². The van der Waals surface area contributed by atoms with Crippen LogP contribution in [0.4, 0.5) is 0 Å². The molecule has 0 spiro atoms. The number of hydrogen-bond donors (Lipinski definition) is 0. The Morgan fingerprint density at radius 1 is 0.500 bits per heavy atom. The molecule has 2 aromatic heterocycles. The molecule has 2 aliphatic carbocycles. The van der Waals surface area contributed by atoms with Gasteiger partial charge in [-0.1, -0.05) is 135 Å².